The van der Waals surface area contributed by atoms with Gasteiger partial charge in [0.05, 0.1) is 16.7 Å². The number of amides is 1. The standard InChI is InChI=1S/C16H17ClF3N3O/c17-14-3-2-12(10-13(14)16(18,19)20)22-15(24)11-4-8-23(9-5-11)7-1-6-21/h2-3,10-11H,1,4-5,7-9H2,(H,22,24). The molecule has 0 saturated carbocycles. The van der Waals surface area contributed by atoms with Crippen molar-refractivity contribution in [3.05, 3.63) is 28.8 Å². The van der Waals surface area contributed by atoms with Crippen molar-refractivity contribution in [1.82, 2.24) is 4.90 Å². The molecule has 0 spiro atoms. The first kappa shape index (κ1) is 18.6. The number of benzene rings is 1. The van der Waals surface area contributed by atoms with Crippen LogP contribution in [0.3, 0.4) is 0 Å². The van der Waals surface area contributed by atoms with Gasteiger partial charge in [0, 0.05) is 24.6 Å². The molecule has 1 aromatic rings. The third kappa shape index (κ3) is 4.86. The number of rotatable bonds is 4. The number of piperidine rings is 1. The third-order valence-electron chi connectivity index (χ3n) is 4.04. The van der Waals surface area contributed by atoms with Crippen LogP contribution in [0.5, 0.6) is 0 Å². The number of carbonyl (C=O) groups excluding carboxylic acids is 1. The molecule has 130 valence electrons. The third-order valence-corrected chi connectivity index (χ3v) is 4.37. The second kappa shape index (κ2) is 7.86. The second-order valence-electron chi connectivity index (χ2n) is 5.71. The minimum atomic E-state index is -4.57. The molecule has 1 aliphatic heterocycles. The molecule has 2 rings (SSSR count). The molecule has 1 amide bonds. The van der Waals surface area contributed by atoms with E-state index in [1.807, 2.05) is 0 Å². The highest BCUT2D eigenvalue weighted by Gasteiger charge is 2.33. The predicted octanol–water partition coefficient (Wildman–Crippen LogP) is 3.92. The lowest BCUT2D eigenvalue weighted by molar-refractivity contribution is -0.137. The van der Waals surface area contributed by atoms with Crippen LogP contribution in [0.25, 0.3) is 0 Å². The van der Waals surface area contributed by atoms with Crippen LogP contribution in [0.15, 0.2) is 18.2 Å². The fourth-order valence-electron chi connectivity index (χ4n) is 2.69. The van der Waals surface area contributed by atoms with Crippen LogP contribution in [0.2, 0.25) is 5.02 Å². The fourth-order valence-corrected chi connectivity index (χ4v) is 2.92. The van der Waals surface area contributed by atoms with Gasteiger partial charge >= 0.3 is 6.18 Å². The van der Waals surface area contributed by atoms with E-state index in [2.05, 4.69) is 16.3 Å². The van der Waals surface area contributed by atoms with E-state index in [0.29, 0.717) is 38.9 Å². The number of nitrogens with one attached hydrogen (secondary N) is 1. The van der Waals surface area contributed by atoms with Gasteiger partial charge in [0.1, 0.15) is 0 Å². The van der Waals surface area contributed by atoms with Crippen molar-refractivity contribution in [2.45, 2.75) is 25.4 Å². The lowest BCUT2D eigenvalue weighted by Gasteiger charge is -2.30. The van der Waals surface area contributed by atoms with E-state index in [1.54, 1.807) is 0 Å². The zero-order valence-electron chi connectivity index (χ0n) is 12.9. The molecule has 0 unspecified atom stereocenters. The van der Waals surface area contributed by atoms with E-state index < -0.39 is 16.8 Å². The van der Waals surface area contributed by atoms with Gasteiger partial charge in [-0.05, 0) is 44.1 Å². The van der Waals surface area contributed by atoms with E-state index >= 15 is 0 Å². The Balaban J connectivity index is 1.95. The Hall–Kier alpha value is -1.78. The van der Waals surface area contributed by atoms with Crippen molar-refractivity contribution in [1.29, 1.82) is 5.26 Å². The van der Waals surface area contributed by atoms with Crippen LogP contribution < -0.4 is 5.32 Å². The van der Waals surface area contributed by atoms with E-state index in [0.717, 1.165) is 12.1 Å². The first-order valence-electron chi connectivity index (χ1n) is 7.58. The van der Waals surface area contributed by atoms with Crippen LogP contribution in [-0.2, 0) is 11.0 Å². The summed E-state index contributed by atoms with van der Waals surface area (Å²) >= 11 is 5.56. The molecule has 0 atom stereocenters. The number of carbonyl (C=O) groups is 1. The van der Waals surface area contributed by atoms with Crippen LogP contribution in [-0.4, -0.2) is 30.4 Å². The minimum Gasteiger partial charge on any atom is -0.326 e. The molecule has 0 aromatic heterocycles. The van der Waals surface area contributed by atoms with Crippen molar-refractivity contribution < 1.29 is 18.0 Å². The monoisotopic (exact) mass is 359 g/mol. The summed E-state index contributed by atoms with van der Waals surface area (Å²) in [5, 5.41) is 10.7. The Bertz CT molecular complexity index is 634. The summed E-state index contributed by atoms with van der Waals surface area (Å²) in [5.41, 5.74) is -0.878. The molecule has 4 nitrogen and oxygen atoms in total. The summed E-state index contributed by atoms with van der Waals surface area (Å²) in [7, 11) is 0. The van der Waals surface area contributed by atoms with Crippen LogP contribution in [0.4, 0.5) is 18.9 Å². The molecule has 0 aliphatic carbocycles. The summed E-state index contributed by atoms with van der Waals surface area (Å²) in [5.74, 6) is -0.529. The smallest absolute Gasteiger partial charge is 0.326 e. The summed E-state index contributed by atoms with van der Waals surface area (Å²) in [6.07, 6.45) is -2.88. The summed E-state index contributed by atoms with van der Waals surface area (Å²) in [6, 6.07) is 5.42. The molecule has 1 saturated heterocycles. The first-order valence-corrected chi connectivity index (χ1v) is 7.96. The van der Waals surface area contributed by atoms with Gasteiger partial charge in [-0.1, -0.05) is 11.6 Å². The molecule has 1 fully saturated rings. The van der Waals surface area contributed by atoms with Gasteiger partial charge in [-0.15, -0.1) is 0 Å². The topological polar surface area (TPSA) is 56.1 Å². The van der Waals surface area contributed by atoms with Crippen LogP contribution in [0, 0.1) is 17.2 Å². The molecule has 0 bridgehead atoms. The Morgan fingerprint density at radius 1 is 1.38 bits per heavy atom. The van der Waals surface area contributed by atoms with E-state index in [1.165, 1.54) is 6.07 Å². The normalized spacial score (nSPS) is 16.6. The van der Waals surface area contributed by atoms with Crippen molar-refractivity contribution >= 4 is 23.2 Å². The molecule has 1 aliphatic rings. The van der Waals surface area contributed by atoms with E-state index in [-0.39, 0.29) is 17.5 Å². The predicted molar refractivity (Wildman–Crippen MR) is 84.5 cm³/mol. The van der Waals surface area contributed by atoms with Gasteiger partial charge in [0.2, 0.25) is 5.91 Å². The SMILES string of the molecule is N#CCCN1CCC(C(=O)Nc2ccc(Cl)c(C(F)(F)F)c2)CC1. The maximum absolute atomic E-state index is 12.8. The quantitative estimate of drug-likeness (QED) is 0.886. The highest BCUT2D eigenvalue weighted by molar-refractivity contribution is 6.31. The van der Waals surface area contributed by atoms with Gasteiger partial charge in [-0.3, -0.25) is 4.79 Å². The van der Waals surface area contributed by atoms with Gasteiger partial charge < -0.3 is 10.2 Å². The zero-order valence-corrected chi connectivity index (χ0v) is 13.6. The fraction of sp³-hybridized carbons (Fsp3) is 0.500. The molecular formula is C16H17ClF3N3O. The second-order valence-corrected chi connectivity index (χ2v) is 6.11. The lowest BCUT2D eigenvalue weighted by Crippen LogP contribution is -2.38. The first-order chi connectivity index (χ1) is 11.3. The van der Waals surface area contributed by atoms with Gasteiger partial charge in [-0.25, -0.2) is 0 Å². The Kier molecular flexibility index (Phi) is 6.08. The number of likely N-dealkylation sites (tertiary alicyclic amines) is 1. The molecule has 8 heteroatoms. The van der Waals surface area contributed by atoms with Gasteiger partial charge in [0.25, 0.3) is 0 Å². The lowest BCUT2D eigenvalue weighted by atomic mass is 9.95. The summed E-state index contributed by atoms with van der Waals surface area (Å²) < 4.78 is 38.5. The van der Waals surface area contributed by atoms with Crippen LogP contribution >= 0.6 is 11.6 Å². The largest absolute Gasteiger partial charge is 0.417 e. The maximum atomic E-state index is 12.8. The minimum absolute atomic E-state index is 0.0867. The van der Waals surface area contributed by atoms with E-state index in [9.17, 15) is 18.0 Å². The number of alkyl halides is 3. The van der Waals surface area contributed by atoms with Crippen LogP contribution in [0.1, 0.15) is 24.8 Å². The number of hydrogen-bond donors (Lipinski definition) is 1. The molecule has 24 heavy (non-hydrogen) atoms. The number of halogens is 4. The Morgan fingerprint density at radius 2 is 2.04 bits per heavy atom. The Morgan fingerprint density at radius 3 is 2.62 bits per heavy atom. The Labute approximate surface area is 143 Å². The number of nitriles is 1. The number of hydrogen-bond acceptors (Lipinski definition) is 3. The van der Waals surface area contributed by atoms with Crippen molar-refractivity contribution in [3.63, 3.8) is 0 Å². The van der Waals surface area contributed by atoms with E-state index in [4.69, 9.17) is 16.9 Å². The average molecular weight is 360 g/mol. The van der Waals surface area contributed by atoms with Crippen molar-refractivity contribution in [2.24, 2.45) is 5.92 Å². The molecule has 1 aromatic carbocycles. The maximum Gasteiger partial charge on any atom is 0.417 e. The molecular weight excluding hydrogens is 343 g/mol. The molecule has 1 heterocycles. The van der Waals surface area contributed by atoms with Crippen molar-refractivity contribution in [3.8, 4) is 6.07 Å². The zero-order chi connectivity index (χ0) is 17.7. The average Bonchev–Trinajstić information content (AvgIpc) is 2.54. The van der Waals surface area contributed by atoms with Gasteiger partial charge in [0.15, 0.2) is 0 Å². The van der Waals surface area contributed by atoms with Gasteiger partial charge in [-0.2, -0.15) is 18.4 Å². The highest BCUT2D eigenvalue weighted by Crippen LogP contribution is 2.36. The highest BCUT2D eigenvalue weighted by atomic mass is 35.5. The molecule has 0 radical (unpaired) electrons. The molecule has 1 N–H and O–H groups in total. The summed E-state index contributed by atoms with van der Waals surface area (Å²) in [6.45, 7) is 2.08. The van der Waals surface area contributed by atoms with Crippen molar-refractivity contribution in [2.75, 3.05) is 25.0 Å². The number of nitrogens with zero attached hydrogens (tertiary/aromatic N) is 2. The number of anilines is 1. The summed E-state index contributed by atoms with van der Waals surface area (Å²) in [4.78, 5) is 14.3.